The molecular formula is C13H23N3O3. The molecule has 1 atom stereocenters. The van der Waals surface area contributed by atoms with Crippen molar-refractivity contribution in [2.45, 2.75) is 44.2 Å². The van der Waals surface area contributed by atoms with Crippen LogP contribution in [-0.2, 0) is 14.3 Å². The summed E-state index contributed by atoms with van der Waals surface area (Å²) >= 11 is 0. The van der Waals surface area contributed by atoms with Crippen LogP contribution in [0.5, 0.6) is 0 Å². The number of hydrogen-bond donors (Lipinski definition) is 2. The Balaban J connectivity index is 1.82. The van der Waals surface area contributed by atoms with Crippen LogP contribution in [0, 0.1) is 0 Å². The van der Waals surface area contributed by atoms with Gasteiger partial charge in [-0.15, -0.1) is 0 Å². The Morgan fingerprint density at radius 2 is 2.21 bits per heavy atom. The van der Waals surface area contributed by atoms with Crippen molar-refractivity contribution in [1.29, 1.82) is 0 Å². The third-order valence-corrected chi connectivity index (χ3v) is 3.88. The molecule has 0 radical (unpaired) electrons. The summed E-state index contributed by atoms with van der Waals surface area (Å²) in [5.41, 5.74) is 5.30. The summed E-state index contributed by atoms with van der Waals surface area (Å²) in [6, 6.07) is -0.0715. The van der Waals surface area contributed by atoms with Crippen LogP contribution in [0.15, 0.2) is 0 Å². The predicted octanol–water partition coefficient (Wildman–Crippen LogP) is -0.379. The summed E-state index contributed by atoms with van der Waals surface area (Å²) < 4.78 is 5.23. The van der Waals surface area contributed by atoms with Gasteiger partial charge < -0.3 is 20.7 Å². The average Bonchev–Trinajstić information content (AvgIpc) is 2.76. The van der Waals surface area contributed by atoms with Crippen molar-refractivity contribution >= 4 is 11.8 Å². The van der Waals surface area contributed by atoms with Crippen molar-refractivity contribution in [3.63, 3.8) is 0 Å². The molecule has 0 aromatic carbocycles. The molecule has 2 amide bonds. The number of carbonyl (C=O) groups is 2. The van der Waals surface area contributed by atoms with Gasteiger partial charge in [-0.3, -0.25) is 9.59 Å². The molecule has 2 saturated heterocycles. The highest BCUT2D eigenvalue weighted by atomic mass is 16.5. The largest absolute Gasteiger partial charge is 0.381 e. The smallest absolute Gasteiger partial charge is 0.240 e. The number of carbonyl (C=O) groups excluding carboxylic acids is 2. The van der Waals surface area contributed by atoms with E-state index in [1.165, 1.54) is 0 Å². The highest BCUT2D eigenvalue weighted by Gasteiger charge is 2.36. The number of amides is 2. The molecule has 2 fully saturated rings. The molecule has 2 heterocycles. The quantitative estimate of drug-likeness (QED) is 0.728. The molecule has 19 heavy (non-hydrogen) atoms. The molecular weight excluding hydrogens is 246 g/mol. The number of ether oxygens (including phenoxy) is 1. The lowest BCUT2D eigenvalue weighted by atomic mass is 9.90. The molecule has 6 nitrogen and oxygen atoms in total. The SMILES string of the molecule is CC(CN1CCCC1=O)NC(=O)C1(N)CCOCC1. The zero-order valence-electron chi connectivity index (χ0n) is 11.5. The van der Waals surface area contributed by atoms with Gasteiger partial charge in [0.25, 0.3) is 0 Å². The molecule has 0 aliphatic carbocycles. The maximum atomic E-state index is 12.2. The van der Waals surface area contributed by atoms with Gasteiger partial charge in [0, 0.05) is 38.8 Å². The minimum atomic E-state index is -0.818. The second-order valence-electron chi connectivity index (χ2n) is 5.59. The second-order valence-corrected chi connectivity index (χ2v) is 5.59. The Hall–Kier alpha value is -1.14. The summed E-state index contributed by atoms with van der Waals surface area (Å²) in [5.74, 6) is 0.0459. The lowest BCUT2D eigenvalue weighted by Gasteiger charge is -2.33. The highest BCUT2D eigenvalue weighted by molar-refractivity contribution is 5.86. The topological polar surface area (TPSA) is 84.7 Å². The van der Waals surface area contributed by atoms with Crippen LogP contribution in [0.3, 0.4) is 0 Å². The Bertz CT molecular complexity index is 353. The van der Waals surface area contributed by atoms with Crippen LogP contribution < -0.4 is 11.1 Å². The fourth-order valence-corrected chi connectivity index (χ4v) is 2.60. The number of nitrogens with zero attached hydrogens (tertiary/aromatic N) is 1. The fourth-order valence-electron chi connectivity index (χ4n) is 2.60. The van der Waals surface area contributed by atoms with E-state index in [0.717, 1.165) is 13.0 Å². The van der Waals surface area contributed by atoms with Crippen molar-refractivity contribution in [3.8, 4) is 0 Å². The third kappa shape index (κ3) is 3.45. The van der Waals surface area contributed by atoms with Gasteiger partial charge in [-0.2, -0.15) is 0 Å². The van der Waals surface area contributed by atoms with E-state index in [1.807, 2.05) is 6.92 Å². The van der Waals surface area contributed by atoms with Gasteiger partial charge in [0.15, 0.2) is 0 Å². The van der Waals surface area contributed by atoms with Crippen LogP contribution in [0.4, 0.5) is 0 Å². The number of nitrogens with two attached hydrogens (primary N) is 1. The maximum absolute atomic E-state index is 12.2. The summed E-state index contributed by atoms with van der Waals surface area (Å²) in [6.07, 6.45) is 2.64. The normalized spacial score (nSPS) is 24.3. The lowest BCUT2D eigenvalue weighted by Crippen LogP contribution is -2.59. The second kappa shape index (κ2) is 5.88. The van der Waals surface area contributed by atoms with Crippen molar-refractivity contribution < 1.29 is 14.3 Å². The summed E-state index contributed by atoms with van der Waals surface area (Å²) in [4.78, 5) is 25.5. The van der Waals surface area contributed by atoms with E-state index in [0.29, 0.717) is 39.0 Å². The average molecular weight is 269 g/mol. The van der Waals surface area contributed by atoms with E-state index in [1.54, 1.807) is 4.90 Å². The Kier molecular flexibility index (Phi) is 4.42. The van der Waals surface area contributed by atoms with Crippen LogP contribution in [0.1, 0.15) is 32.6 Å². The van der Waals surface area contributed by atoms with E-state index in [-0.39, 0.29) is 17.9 Å². The van der Waals surface area contributed by atoms with E-state index in [9.17, 15) is 9.59 Å². The molecule has 2 rings (SSSR count). The van der Waals surface area contributed by atoms with E-state index in [2.05, 4.69) is 5.32 Å². The van der Waals surface area contributed by atoms with Gasteiger partial charge in [-0.1, -0.05) is 0 Å². The zero-order valence-corrected chi connectivity index (χ0v) is 11.5. The van der Waals surface area contributed by atoms with Crippen LogP contribution in [0.2, 0.25) is 0 Å². The van der Waals surface area contributed by atoms with Gasteiger partial charge in [0.2, 0.25) is 11.8 Å². The molecule has 0 saturated carbocycles. The molecule has 0 aromatic heterocycles. The van der Waals surface area contributed by atoms with Crippen LogP contribution in [-0.4, -0.2) is 54.6 Å². The van der Waals surface area contributed by atoms with Gasteiger partial charge in [0.05, 0.1) is 5.54 Å². The lowest BCUT2D eigenvalue weighted by molar-refractivity contribution is -0.132. The first kappa shape index (κ1) is 14.3. The van der Waals surface area contributed by atoms with Gasteiger partial charge in [0.1, 0.15) is 0 Å². The summed E-state index contributed by atoms with van der Waals surface area (Å²) in [5, 5.41) is 2.92. The van der Waals surface area contributed by atoms with E-state index in [4.69, 9.17) is 10.5 Å². The molecule has 0 aromatic rings. The first-order chi connectivity index (χ1) is 9.01. The van der Waals surface area contributed by atoms with Gasteiger partial charge in [-0.25, -0.2) is 0 Å². The first-order valence-electron chi connectivity index (χ1n) is 6.97. The third-order valence-electron chi connectivity index (χ3n) is 3.88. The van der Waals surface area contributed by atoms with Crippen LogP contribution >= 0.6 is 0 Å². The molecule has 1 unspecified atom stereocenters. The summed E-state index contributed by atoms with van der Waals surface area (Å²) in [6.45, 7) is 4.33. The Morgan fingerprint density at radius 1 is 1.53 bits per heavy atom. The molecule has 0 bridgehead atoms. The van der Waals surface area contributed by atoms with Crippen molar-refractivity contribution in [1.82, 2.24) is 10.2 Å². The van der Waals surface area contributed by atoms with Gasteiger partial charge >= 0.3 is 0 Å². The van der Waals surface area contributed by atoms with Crippen molar-refractivity contribution in [2.24, 2.45) is 5.73 Å². The molecule has 108 valence electrons. The monoisotopic (exact) mass is 269 g/mol. The van der Waals surface area contributed by atoms with Gasteiger partial charge in [-0.05, 0) is 26.2 Å². The molecule has 0 spiro atoms. The molecule has 2 aliphatic heterocycles. The molecule has 6 heteroatoms. The number of likely N-dealkylation sites (tertiary alicyclic amines) is 1. The van der Waals surface area contributed by atoms with Crippen molar-refractivity contribution in [2.75, 3.05) is 26.3 Å². The van der Waals surface area contributed by atoms with Crippen LogP contribution in [0.25, 0.3) is 0 Å². The molecule has 3 N–H and O–H groups in total. The summed E-state index contributed by atoms with van der Waals surface area (Å²) in [7, 11) is 0. The number of nitrogens with one attached hydrogen (secondary N) is 1. The minimum absolute atomic E-state index is 0.0715. The zero-order chi connectivity index (χ0) is 13.9. The molecule has 2 aliphatic rings. The predicted molar refractivity (Wildman–Crippen MR) is 70.4 cm³/mol. The van der Waals surface area contributed by atoms with E-state index >= 15 is 0 Å². The maximum Gasteiger partial charge on any atom is 0.240 e. The highest BCUT2D eigenvalue weighted by Crippen LogP contribution is 2.18. The number of rotatable bonds is 4. The van der Waals surface area contributed by atoms with Crippen molar-refractivity contribution in [3.05, 3.63) is 0 Å². The minimum Gasteiger partial charge on any atom is -0.381 e. The number of hydrogen-bond acceptors (Lipinski definition) is 4. The Morgan fingerprint density at radius 3 is 2.79 bits per heavy atom. The fraction of sp³-hybridized carbons (Fsp3) is 0.846. The van der Waals surface area contributed by atoms with E-state index < -0.39 is 5.54 Å². The standard InChI is InChI=1S/C13H23N3O3/c1-10(9-16-6-2-3-11(16)17)15-12(18)13(14)4-7-19-8-5-13/h10H,2-9,14H2,1H3,(H,15,18). The Labute approximate surface area is 113 Å². The first-order valence-corrected chi connectivity index (χ1v) is 6.97.